The first-order valence-corrected chi connectivity index (χ1v) is 6.10. The van der Waals surface area contributed by atoms with Crippen molar-refractivity contribution in [1.82, 2.24) is 9.78 Å². The van der Waals surface area contributed by atoms with Crippen LogP contribution in [0.5, 0.6) is 0 Å². The second-order valence-electron chi connectivity index (χ2n) is 4.69. The molecule has 2 aromatic rings. The summed E-state index contributed by atoms with van der Waals surface area (Å²) in [6.45, 7) is 3.86. The molecule has 5 nitrogen and oxygen atoms in total. The smallest absolute Gasteiger partial charge is 0.244 e. The molecule has 1 heterocycles. The van der Waals surface area contributed by atoms with E-state index in [9.17, 15) is 4.79 Å². The van der Waals surface area contributed by atoms with Crippen molar-refractivity contribution < 1.29 is 4.79 Å². The number of benzene rings is 1. The van der Waals surface area contributed by atoms with Crippen LogP contribution >= 0.6 is 0 Å². The lowest BCUT2D eigenvalue weighted by atomic mass is 10.1. The van der Waals surface area contributed by atoms with Gasteiger partial charge in [0.2, 0.25) is 5.91 Å². The highest BCUT2D eigenvalue weighted by Gasteiger charge is 2.21. The zero-order valence-electron chi connectivity index (χ0n) is 11.3. The van der Waals surface area contributed by atoms with E-state index in [0.29, 0.717) is 0 Å². The molecule has 100 valence electrons. The Hall–Kier alpha value is -2.30. The number of nitrogens with zero attached hydrogens (tertiary/aromatic N) is 2. The normalized spacial score (nSPS) is 12.2. The van der Waals surface area contributed by atoms with Gasteiger partial charge in [-0.3, -0.25) is 9.48 Å². The molecule has 19 heavy (non-hydrogen) atoms. The summed E-state index contributed by atoms with van der Waals surface area (Å²) in [5, 5.41) is 7.40. The molecule has 2 rings (SSSR count). The lowest BCUT2D eigenvalue weighted by Crippen LogP contribution is -2.28. The van der Waals surface area contributed by atoms with Crippen LogP contribution in [-0.2, 0) is 11.8 Å². The van der Waals surface area contributed by atoms with Crippen molar-refractivity contribution in [2.75, 3.05) is 5.32 Å². The lowest BCUT2D eigenvalue weighted by molar-refractivity contribution is -0.118. The zero-order valence-corrected chi connectivity index (χ0v) is 11.3. The maximum Gasteiger partial charge on any atom is 0.244 e. The molecular formula is C14H18N4O. The van der Waals surface area contributed by atoms with Crippen molar-refractivity contribution in [1.29, 1.82) is 0 Å². The number of rotatable bonds is 4. The van der Waals surface area contributed by atoms with Gasteiger partial charge in [-0.15, -0.1) is 0 Å². The van der Waals surface area contributed by atoms with E-state index >= 15 is 0 Å². The Balaban J connectivity index is 2.32. The third-order valence-electron chi connectivity index (χ3n) is 2.98. The van der Waals surface area contributed by atoms with E-state index in [0.717, 1.165) is 22.5 Å². The average molecular weight is 258 g/mol. The molecular weight excluding hydrogens is 240 g/mol. The quantitative estimate of drug-likeness (QED) is 0.876. The molecule has 1 aromatic carbocycles. The van der Waals surface area contributed by atoms with Crippen molar-refractivity contribution >= 4 is 11.6 Å². The van der Waals surface area contributed by atoms with Crippen LogP contribution < -0.4 is 11.1 Å². The van der Waals surface area contributed by atoms with E-state index < -0.39 is 11.9 Å². The van der Waals surface area contributed by atoms with Crippen LogP contribution in [0.3, 0.4) is 0 Å². The number of nitrogens with one attached hydrogen (secondary N) is 1. The standard InChI is InChI=1S/C14H18N4O/c1-9-5-4-6-11(7-9)16-13(14(15)19)12-8-18(3)17-10(12)2/h4-8,13,16H,1-3H3,(H2,15,19). The van der Waals surface area contributed by atoms with Crippen LogP contribution in [0.25, 0.3) is 0 Å². The first-order valence-electron chi connectivity index (χ1n) is 6.10. The van der Waals surface area contributed by atoms with Crippen LogP contribution in [0.4, 0.5) is 5.69 Å². The van der Waals surface area contributed by atoms with Crippen molar-refractivity contribution in [3.8, 4) is 0 Å². The Morgan fingerprint density at radius 3 is 2.68 bits per heavy atom. The molecule has 0 aliphatic carbocycles. The Kier molecular flexibility index (Phi) is 3.55. The van der Waals surface area contributed by atoms with Crippen molar-refractivity contribution in [2.24, 2.45) is 12.8 Å². The minimum absolute atomic E-state index is 0.419. The summed E-state index contributed by atoms with van der Waals surface area (Å²) in [7, 11) is 1.82. The highest BCUT2D eigenvalue weighted by atomic mass is 16.1. The van der Waals surface area contributed by atoms with Crippen LogP contribution in [0.1, 0.15) is 22.9 Å². The molecule has 0 fully saturated rings. The highest BCUT2D eigenvalue weighted by molar-refractivity contribution is 5.84. The van der Waals surface area contributed by atoms with Crippen molar-refractivity contribution in [2.45, 2.75) is 19.9 Å². The average Bonchev–Trinajstić information content (AvgIpc) is 2.65. The minimum atomic E-state index is -0.574. The zero-order chi connectivity index (χ0) is 14.0. The Labute approximate surface area is 112 Å². The molecule has 1 atom stereocenters. The van der Waals surface area contributed by atoms with E-state index in [1.165, 1.54) is 0 Å². The predicted octanol–water partition coefficient (Wildman–Crippen LogP) is 1.68. The summed E-state index contributed by atoms with van der Waals surface area (Å²) in [6, 6.07) is 7.25. The number of carbonyl (C=O) groups excluding carboxylic acids is 1. The van der Waals surface area contributed by atoms with Crippen LogP contribution in [0.2, 0.25) is 0 Å². The Morgan fingerprint density at radius 2 is 2.16 bits per heavy atom. The molecule has 0 aliphatic rings. The van der Waals surface area contributed by atoms with Gasteiger partial charge in [0.25, 0.3) is 0 Å². The number of nitrogens with two attached hydrogens (primary N) is 1. The summed E-state index contributed by atoms with van der Waals surface area (Å²) in [6.07, 6.45) is 1.81. The SMILES string of the molecule is Cc1cccc(NC(C(N)=O)c2cn(C)nc2C)c1. The van der Waals surface area contributed by atoms with Gasteiger partial charge < -0.3 is 11.1 Å². The summed E-state index contributed by atoms with van der Waals surface area (Å²) in [4.78, 5) is 11.7. The Morgan fingerprint density at radius 1 is 1.42 bits per heavy atom. The first-order chi connectivity index (χ1) is 8.97. The number of hydrogen-bond donors (Lipinski definition) is 2. The number of aryl methyl sites for hydroxylation is 3. The molecule has 0 saturated heterocycles. The monoisotopic (exact) mass is 258 g/mol. The van der Waals surface area contributed by atoms with Gasteiger partial charge in [-0.05, 0) is 31.5 Å². The van der Waals surface area contributed by atoms with Gasteiger partial charge in [-0.1, -0.05) is 12.1 Å². The van der Waals surface area contributed by atoms with Gasteiger partial charge >= 0.3 is 0 Å². The molecule has 0 radical (unpaired) electrons. The number of hydrogen-bond acceptors (Lipinski definition) is 3. The van der Waals surface area contributed by atoms with Crippen LogP contribution in [0.15, 0.2) is 30.5 Å². The second kappa shape index (κ2) is 5.14. The van der Waals surface area contributed by atoms with E-state index in [1.807, 2.05) is 51.4 Å². The van der Waals surface area contributed by atoms with Gasteiger partial charge in [0.1, 0.15) is 6.04 Å². The van der Waals surface area contributed by atoms with Gasteiger partial charge in [0.05, 0.1) is 5.69 Å². The number of primary amides is 1. The highest BCUT2D eigenvalue weighted by Crippen LogP contribution is 2.22. The fourth-order valence-electron chi connectivity index (χ4n) is 2.10. The third-order valence-corrected chi connectivity index (χ3v) is 2.98. The van der Waals surface area contributed by atoms with Gasteiger partial charge in [-0.2, -0.15) is 5.10 Å². The number of aromatic nitrogens is 2. The molecule has 0 saturated carbocycles. The molecule has 3 N–H and O–H groups in total. The van der Waals surface area contributed by atoms with Gasteiger partial charge in [-0.25, -0.2) is 0 Å². The summed E-state index contributed by atoms with van der Waals surface area (Å²) in [5.41, 5.74) is 9.08. The van der Waals surface area contributed by atoms with E-state index in [1.54, 1.807) is 4.68 Å². The largest absolute Gasteiger partial charge is 0.370 e. The third kappa shape index (κ3) is 2.93. The molecule has 0 spiro atoms. The topological polar surface area (TPSA) is 72.9 Å². The fourth-order valence-corrected chi connectivity index (χ4v) is 2.10. The van der Waals surface area contributed by atoms with Crippen molar-refractivity contribution in [3.05, 3.63) is 47.3 Å². The minimum Gasteiger partial charge on any atom is -0.370 e. The lowest BCUT2D eigenvalue weighted by Gasteiger charge is -2.16. The van der Waals surface area contributed by atoms with E-state index in [4.69, 9.17) is 5.73 Å². The second-order valence-corrected chi connectivity index (χ2v) is 4.69. The number of carbonyl (C=O) groups is 1. The van der Waals surface area contributed by atoms with Crippen LogP contribution in [-0.4, -0.2) is 15.7 Å². The van der Waals surface area contributed by atoms with Gasteiger partial charge in [0, 0.05) is 24.5 Å². The fraction of sp³-hybridized carbons (Fsp3) is 0.286. The predicted molar refractivity (Wildman–Crippen MR) is 74.7 cm³/mol. The number of anilines is 1. The van der Waals surface area contributed by atoms with E-state index in [-0.39, 0.29) is 0 Å². The van der Waals surface area contributed by atoms with Crippen molar-refractivity contribution in [3.63, 3.8) is 0 Å². The Bertz CT molecular complexity index is 603. The molecule has 5 heteroatoms. The first kappa shape index (κ1) is 13.1. The van der Waals surface area contributed by atoms with Crippen LogP contribution in [0, 0.1) is 13.8 Å². The molecule has 1 unspecified atom stereocenters. The summed E-state index contributed by atoms with van der Waals surface area (Å²) in [5.74, 6) is -0.419. The molecule has 0 aliphatic heterocycles. The molecule has 1 amide bonds. The maximum absolute atomic E-state index is 11.7. The number of amides is 1. The molecule has 0 bridgehead atoms. The van der Waals surface area contributed by atoms with E-state index in [2.05, 4.69) is 10.4 Å². The maximum atomic E-state index is 11.7. The summed E-state index contributed by atoms with van der Waals surface area (Å²) < 4.78 is 1.68. The summed E-state index contributed by atoms with van der Waals surface area (Å²) >= 11 is 0. The molecule has 1 aromatic heterocycles. The van der Waals surface area contributed by atoms with Gasteiger partial charge in [0.15, 0.2) is 0 Å².